The lowest BCUT2D eigenvalue weighted by molar-refractivity contribution is -0.523. The van der Waals surface area contributed by atoms with Crippen molar-refractivity contribution in [3.05, 3.63) is 0 Å². The second-order valence-electron chi connectivity index (χ2n) is 2.97. The molecule has 0 rings (SSSR count). The van der Waals surface area contributed by atoms with Crippen LogP contribution < -0.4 is 0 Å². The predicted molar refractivity (Wildman–Crippen MR) is 46.9 cm³/mol. The lowest BCUT2D eigenvalue weighted by Gasteiger charge is -2.05. The van der Waals surface area contributed by atoms with Crippen molar-refractivity contribution in [1.29, 1.82) is 0 Å². The third-order valence-corrected chi connectivity index (χ3v) is 2.10. The topological polar surface area (TPSA) is 3.01 Å². The highest BCUT2D eigenvalue weighted by Gasteiger charge is 2.08. The molecule has 60 valence electrons. The molecule has 0 aromatic carbocycles. The molecule has 0 unspecified atom stereocenters. The molecule has 0 aliphatic carbocycles. The average Bonchev–Trinajstić information content (AvgIpc) is 1.90. The van der Waals surface area contributed by atoms with Crippen molar-refractivity contribution < 1.29 is 4.58 Å². The third-order valence-electron chi connectivity index (χ3n) is 2.10. The van der Waals surface area contributed by atoms with Gasteiger partial charge in [-0.25, -0.2) is 4.58 Å². The van der Waals surface area contributed by atoms with Crippen molar-refractivity contribution >= 4 is 5.71 Å². The van der Waals surface area contributed by atoms with E-state index >= 15 is 0 Å². The van der Waals surface area contributed by atoms with Gasteiger partial charge in [-0.15, -0.1) is 0 Å². The van der Waals surface area contributed by atoms with Crippen LogP contribution in [0.2, 0.25) is 0 Å². The quantitative estimate of drug-likeness (QED) is 0.419. The molecule has 0 aliphatic rings. The molecule has 10 heavy (non-hydrogen) atoms. The molecule has 1 nitrogen and oxygen atoms in total. The third kappa shape index (κ3) is 2.51. The van der Waals surface area contributed by atoms with Crippen LogP contribution in [0.4, 0.5) is 0 Å². The summed E-state index contributed by atoms with van der Waals surface area (Å²) >= 11 is 0. The maximum absolute atomic E-state index is 2.41. The Hall–Kier alpha value is -0.330. The molecular weight excluding hydrogens is 122 g/mol. The Labute approximate surface area is 64.8 Å². The average molecular weight is 142 g/mol. The van der Waals surface area contributed by atoms with Crippen LogP contribution in [-0.2, 0) is 0 Å². The van der Waals surface area contributed by atoms with Gasteiger partial charge >= 0.3 is 0 Å². The van der Waals surface area contributed by atoms with Gasteiger partial charge in [0.1, 0.15) is 13.1 Å². The van der Waals surface area contributed by atoms with Gasteiger partial charge < -0.3 is 0 Å². The predicted octanol–water partition coefficient (Wildman–Crippen LogP) is 2.16. The summed E-state index contributed by atoms with van der Waals surface area (Å²) in [6.45, 7) is 13.4. The molecule has 0 saturated carbocycles. The summed E-state index contributed by atoms with van der Waals surface area (Å²) < 4.78 is 2.41. The smallest absolute Gasteiger partial charge is 0.151 e. The number of nitrogens with zero attached hydrogens (tertiary/aromatic N) is 1. The summed E-state index contributed by atoms with van der Waals surface area (Å²) in [7, 11) is 0. The van der Waals surface area contributed by atoms with Crippen LogP contribution in [0.5, 0.6) is 0 Å². The second-order valence-corrected chi connectivity index (χ2v) is 2.97. The molecule has 0 heterocycles. The largest absolute Gasteiger partial charge is 0.238 e. The van der Waals surface area contributed by atoms with Gasteiger partial charge in [-0.2, -0.15) is 0 Å². The van der Waals surface area contributed by atoms with Gasteiger partial charge in [0.2, 0.25) is 0 Å². The van der Waals surface area contributed by atoms with E-state index in [0.717, 1.165) is 13.1 Å². The van der Waals surface area contributed by atoms with Gasteiger partial charge in [0.15, 0.2) is 5.71 Å². The van der Waals surface area contributed by atoms with Crippen LogP contribution in [0.15, 0.2) is 0 Å². The monoisotopic (exact) mass is 142 g/mol. The molecule has 0 N–H and O–H groups in total. The number of rotatable bonds is 3. The van der Waals surface area contributed by atoms with Crippen LogP contribution in [0, 0.1) is 5.92 Å². The maximum Gasteiger partial charge on any atom is 0.151 e. The Morgan fingerprint density at radius 3 is 1.70 bits per heavy atom. The lowest BCUT2D eigenvalue weighted by atomic mass is 10.1. The molecular formula is C9H20N+. The minimum atomic E-state index is 0.694. The molecule has 0 amide bonds. The van der Waals surface area contributed by atoms with E-state index < -0.39 is 0 Å². The van der Waals surface area contributed by atoms with E-state index in [1.54, 1.807) is 0 Å². The first kappa shape index (κ1) is 9.67. The SMILES string of the molecule is CC[N+](CC)=C(C)C(C)C. The fourth-order valence-electron chi connectivity index (χ4n) is 1.09. The van der Waals surface area contributed by atoms with Gasteiger partial charge in [-0.1, -0.05) is 13.8 Å². The Morgan fingerprint density at radius 1 is 1.20 bits per heavy atom. The van der Waals surface area contributed by atoms with Crippen molar-refractivity contribution in [3.8, 4) is 0 Å². The van der Waals surface area contributed by atoms with E-state index in [0.29, 0.717) is 5.92 Å². The standard InChI is InChI=1S/C9H20N/c1-6-10(7-2)9(5)8(3)4/h8H,6-7H2,1-5H3/q+1. The van der Waals surface area contributed by atoms with Crippen LogP contribution >= 0.6 is 0 Å². The Balaban J connectivity index is 4.27. The Kier molecular flexibility index (Phi) is 4.33. The Morgan fingerprint density at radius 2 is 1.60 bits per heavy atom. The summed E-state index contributed by atoms with van der Waals surface area (Å²) in [6, 6.07) is 0. The molecule has 1 heteroatoms. The highest BCUT2D eigenvalue weighted by molar-refractivity contribution is 5.78. The summed E-state index contributed by atoms with van der Waals surface area (Å²) in [6.07, 6.45) is 0. The van der Waals surface area contributed by atoms with Crippen molar-refractivity contribution in [2.24, 2.45) is 5.92 Å². The molecule has 0 saturated heterocycles. The fraction of sp³-hybridized carbons (Fsp3) is 0.889. The summed E-state index contributed by atoms with van der Waals surface area (Å²) in [5, 5.41) is 0. The highest BCUT2D eigenvalue weighted by Crippen LogP contribution is 1.95. The van der Waals surface area contributed by atoms with E-state index in [1.807, 2.05) is 0 Å². The molecule has 0 aromatic rings. The Bertz CT molecular complexity index is 117. The van der Waals surface area contributed by atoms with Gasteiger partial charge in [0, 0.05) is 12.8 Å². The van der Waals surface area contributed by atoms with Crippen LogP contribution in [-0.4, -0.2) is 23.4 Å². The number of hydrogen-bond acceptors (Lipinski definition) is 0. The van der Waals surface area contributed by atoms with Crippen molar-refractivity contribution in [3.63, 3.8) is 0 Å². The molecule has 0 fully saturated rings. The van der Waals surface area contributed by atoms with Gasteiger partial charge in [0.05, 0.1) is 0 Å². The first-order valence-corrected chi connectivity index (χ1v) is 4.21. The lowest BCUT2D eigenvalue weighted by Crippen LogP contribution is -2.22. The van der Waals surface area contributed by atoms with Gasteiger partial charge in [-0.3, -0.25) is 0 Å². The van der Waals surface area contributed by atoms with E-state index in [9.17, 15) is 0 Å². The van der Waals surface area contributed by atoms with E-state index in [1.165, 1.54) is 5.71 Å². The van der Waals surface area contributed by atoms with Gasteiger partial charge in [-0.05, 0) is 13.8 Å². The minimum absolute atomic E-state index is 0.694. The molecule has 0 spiro atoms. The normalized spacial score (nSPS) is 10.2. The van der Waals surface area contributed by atoms with Crippen molar-refractivity contribution in [2.75, 3.05) is 13.1 Å². The maximum atomic E-state index is 2.41. The zero-order chi connectivity index (χ0) is 8.15. The molecule has 0 bridgehead atoms. The summed E-state index contributed by atoms with van der Waals surface area (Å²) in [4.78, 5) is 0. The molecule has 0 atom stereocenters. The van der Waals surface area contributed by atoms with E-state index in [2.05, 4.69) is 39.2 Å². The summed E-state index contributed by atoms with van der Waals surface area (Å²) in [5.41, 5.74) is 1.50. The minimum Gasteiger partial charge on any atom is -0.238 e. The van der Waals surface area contributed by atoms with E-state index in [4.69, 9.17) is 0 Å². The van der Waals surface area contributed by atoms with Crippen LogP contribution in [0.25, 0.3) is 0 Å². The summed E-state index contributed by atoms with van der Waals surface area (Å²) in [5.74, 6) is 0.694. The van der Waals surface area contributed by atoms with Crippen LogP contribution in [0.3, 0.4) is 0 Å². The highest BCUT2D eigenvalue weighted by atomic mass is 15.0. The second kappa shape index (κ2) is 4.48. The number of hydrogen-bond donors (Lipinski definition) is 0. The zero-order valence-corrected chi connectivity index (χ0v) is 7.94. The molecule has 0 aliphatic heterocycles. The first-order valence-electron chi connectivity index (χ1n) is 4.21. The molecule has 0 aromatic heterocycles. The van der Waals surface area contributed by atoms with E-state index in [-0.39, 0.29) is 0 Å². The fourth-order valence-corrected chi connectivity index (χ4v) is 1.09. The molecule has 0 radical (unpaired) electrons. The van der Waals surface area contributed by atoms with Crippen molar-refractivity contribution in [1.82, 2.24) is 0 Å². The first-order chi connectivity index (χ1) is 4.63. The van der Waals surface area contributed by atoms with Gasteiger partial charge in [0.25, 0.3) is 0 Å². The van der Waals surface area contributed by atoms with Crippen molar-refractivity contribution in [2.45, 2.75) is 34.6 Å². The zero-order valence-electron chi connectivity index (χ0n) is 7.94. The van der Waals surface area contributed by atoms with Crippen LogP contribution in [0.1, 0.15) is 34.6 Å².